The molecule has 0 aliphatic rings. The number of carbonyl (C=O) groups is 1. The highest BCUT2D eigenvalue weighted by Crippen LogP contribution is 2.20. The second kappa shape index (κ2) is 8.02. The van der Waals surface area contributed by atoms with E-state index >= 15 is 0 Å². The fourth-order valence-corrected chi connectivity index (χ4v) is 3.01. The van der Waals surface area contributed by atoms with Crippen LogP contribution in [0.25, 0.3) is 0 Å². The molecule has 0 bridgehead atoms. The molecule has 0 fully saturated rings. The van der Waals surface area contributed by atoms with Gasteiger partial charge in [0.2, 0.25) is 10.0 Å². The zero-order valence-corrected chi connectivity index (χ0v) is 15.3. The molecule has 0 atom stereocenters. The van der Waals surface area contributed by atoms with Crippen molar-refractivity contribution in [1.29, 1.82) is 0 Å². The molecule has 0 aromatic heterocycles. The quantitative estimate of drug-likeness (QED) is 0.792. The molecule has 7 heteroatoms. The molecule has 0 unspecified atom stereocenters. The smallest absolute Gasteiger partial charge is 0.251 e. The Morgan fingerprint density at radius 2 is 1.92 bits per heavy atom. The lowest BCUT2D eigenvalue weighted by molar-refractivity contribution is 0.0954. The third-order valence-electron chi connectivity index (χ3n) is 3.54. The van der Waals surface area contributed by atoms with Gasteiger partial charge in [0, 0.05) is 17.8 Å². The van der Waals surface area contributed by atoms with E-state index in [0.717, 1.165) is 23.1 Å². The minimum atomic E-state index is -3.38. The van der Waals surface area contributed by atoms with E-state index in [1.165, 1.54) is 6.07 Å². The Labute approximate surface area is 148 Å². The molecule has 0 saturated heterocycles. The van der Waals surface area contributed by atoms with Crippen molar-refractivity contribution in [2.75, 3.05) is 24.6 Å². The Bertz CT molecular complexity index is 863. The van der Waals surface area contributed by atoms with Gasteiger partial charge in [0.05, 0.1) is 13.4 Å². The van der Waals surface area contributed by atoms with Crippen LogP contribution in [-0.2, 0) is 16.4 Å². The van der Waals surface area contributed by atoms with E-state index in [9.17, 15) is 13.2 Å². The molecule has 2 N–H and O–H groups in total. The summed E-state index contributed by atoms with van der Waals surface area (Å²) < 4.78 is 30.2. The third-order valence-corrected chi connectivity index (χ3v) is 4.15. The lowest BCUT2D eigenvalue weighted by atomic mass is 10.1. The first-order valence-corrected chi connectivity index (χ1v) is 9.67. The van der Waals surface area contributed by atoms with Gasteiger partial charge in [0.1, 0.15) is 5.75 Å². The lowest BCUT2D eigenvalue weighted by Gasteiger charge is -2.11. The van der Waals surface area contributed by atoms with Crippen molar-refractivity contribution < 1.29 is 17.9 Å². The molecule has 2 aromatic carbocycles. The number of amides is 1. The van der Waals surface area contributed by atoms with Gasteiger partial charge in [-0.2, -0.15) is 0 Å². The van der Waals surface area contributed by atoms with Gasteiger partial charge < -0.3 is 10.1 Å². The average molecular weight is 362 g/mol. The highest BCUT2D eigenvalue weighted by Gasteiger charge is 2.09. The molecular formula is C18H22N2O4S. The summed E-state index contributed by atoms with van der Waals surface area (Å²) in [6.45, 7) is 2.45. The van der Waals surface area contributed by atoms with Crippen LogP contribution in [0.3, 0.4) is 0 Å². The maximum Gasteiger partial charge on any atom is 0.251 e. The van der Waals surface area contributed by atoms with Gasteiger partial charge >= 0.3 is 0 Å². The van der Waals surface area contributed by atoms with E-state index in [1.807, 2.05) is 25.1 Å². The Balaban J connectivity index is 1.99. The van der Waals surface area contributed by atoms with Gasteiger partial charge in [-0.3, -0.25) is 9.52 Å². The number of hydrogen-bond donors (Lipinski definition) is 2. The number of sulfonamides is 1. The van der Waals surface area contributed by atoms with Gasteiger partial charge in [-0.25, -0.2) is 8.42 Å². The number of aryl methyl sites for hydroxylation is 1. The van der Waals surface area contributed by atoms with Crippen molar-refractivity contribution in [1.82, 2.24) is 5.32 Å². The largest absolute Gasteiger partial charge is 0.496 e. The van der Waals surface area contributed by atoms with E-state index in [1.54, 1.807) is 25.3 Å². The summed E-state index contributed by atoms with van der Waals surface area (Å²) in [5, 5.41) is 2.84. The first-order chi connectivity index (χ1) is 11.8. The minimum absolute atomic E-state index is 0.260. The number of carbonyl (C=O) groups excluding carboxylic acids is 1. The van der Waals surface area contributed by atoms with Gasteiger partial charge in [0.15, 0.2) is 0 Å². The van der Waals surface area contributed by atoms with Crippen LogP contribution in [0, 0.1) is 6.92 Å². The summed E-state index contributed by atoms with van der Waals surface area (Å²) in [5.41, 5.74) is 2.90. The summed E-state index contributed by atoms with van der Waals surface area (Å²) in [6.07, 6.45) is 1.70. The maximum atomic E-state index is 12.3. The first-order valence-electron chi connectivity index (χ1n) is 7.78. The van der Waals surface area contributed by atoms with E-state index in [4.69, 9.17) is 4.74 Å². The van der Waals surface area contributed by atoms with Crippen LogP contribution < -0.4 is 14.8 Å². The Hall–Kier alpha value is -2.54. The summed E-state index contributed by atoms with van der Waals surface area (Å²) in [6, 6.07) is 12.3. The Kier molecular flexibility index (Phi) is 6.03. The van der Waals surface area contributed by atoms with Crippen molar-refractivity contribution in [3.63, 3.8) is 0 Å². The molecule has 6 nitrogen and oxygen atoms in total. The molecule has 0 heterocycles. The van der Waals surface area contributed by atoms with Crippen LogP contribution in [0.5, 0.6) is 5.75 Å². The standard InChI is InChI=1S/C18H22N2O4S/c1-13-7-8-17(24-2)14(11-13)9-10-19-18(21)15-5-4-6-16(12-15)20-25(3,22)23/h4-8,11-12,20H,9-10H2,1-3H3,(H,19,21). The van der Waals surface area contributed by atoms with Crippen LogP contribution >= 0.6 is 0 Å². The van der Waals surface area contributed by atoms with Gasteiger partial charge in [-0.15, -0.1) is 0 Å². The summed E-state index contributed by atoms with van der Waals surface area (Å²) in [4.78, 5) is 12.3. The molecule has 25 heavy (non-hydrogen) atoms. The number of rotatable bonds is 7. The predicted octanol–water partition coefficient (Wildman–Crippen LogP) is 2.35. The number of hydrogen-bond acceptors (Lipinski definition) is 4. The zero-order valence-electron chi connectivity index (χ0n) is 14.5. The summed E-state index contributed by atoms with van der Waals surface area (Å²) in [7, 11) is -1.76. The van der Waals surface area contributed by atoms with E-state index in [-0.39, 0.29) is 5.91 Å². The zero-order chi connectivity index (χ0) is 18.4. The normalized spacial score (nSPS) is 11.0. The number of anilines is 1. The molecule has 0 aliphatic heterocycles. The second-order valence-corrected chi connectivity index (χ2v) is 7.52. The molecule has 2 aromatic rings. The molecule has 2 rings (SSSR count). The highest BCUT2D eigenvalue weighted by molar-refractivity contribution is 7.92. The van der Waals surface area contributed by atoms with Crippen LogP contribution in [0.15, 0.2) is 42.5 Å². The molecule has 0 spiro atoms. The topological polar surface area (TPSA) is 84.5 Å². The van der Waals surface area contributed by atoms with Crippen molar-refractivity contribution in [3.8, 4) is 5.75 Å². The van der Waals surface area contributed by atoms with Crippen molar-refractivity contribution in [2.24, 2.45) is 0 Å². The number of methoxy groups -OCH3 is 1. The van der Waals surface area contributed by atoms with Gasteiger partial charge in [0.25, 0.3) is 5.91 Å². The maximum absolute atomic E-state index is 12.3. The van der Waals surface area contributed by atoms with Crippen LogP contribution in [-0.4, -0.2) is 34.2 Å². The molecular weight excluding hydrogens is 340 g/mol. The van der Waals surface area contributed by atoms with Crippen molar-refractivity contribution in [2.45, 2.75) is 13.3 Å². The van der Waals surface area contributed by atoms with Crippen LogP contribution in [0.1, 0.15) is 21.5 Å². The lowest BCUT2D eigenvalue weighted by Crippen LogP contribution is -2.26. The van der Waals surface area contributed by atoms with Crippen LogP contribution in [0.4, 0.5) is 5.69 Å². The van der Waals surface area contributed by atoms with Crippen molar-refractivity contribution in [3.05, 3.63) is 59.2 Å². The SMILES string of the molecule is COc1ccc(C)cc1CCNC(=O)c1cccc(NS(C)(=O)=O)c1. The summed E-state index contributed by atoms with van der Waals surface area (Å²) >= 11 is 0. The average Bonchev–Trinajstić information content (AvgIpc) is 2.53. The second-order valence-electron chi connectivity index (χ2n) is 5.78. The number of benzene rings is 2. The fraction of sp³-hybridized carbons (Fsp3) is 0.278. The first kappa shape index (κ1) is 18.8. The molecule has 0 radical (unpaired) electrons. The number of ether oxygens (including phenoxy) is 1. The highest BCUT2D eigenvalue weighted by atomic mass is 32.2. The number of nitrogens with one attached hydrogen (secondary N) is 2. The Morgan fingerprint density at radius 1 is 1.16 bits per heavy atom. The van der Waals surface area contributed by atoms with Crippen LogP contribution in [0.2, 0.25) is 0 Å². The monoisotopic (exact) mass is 362 g/mol. The predicted molar refractivity (Wildman–Crippen MR) is 98.7 cm³/mol. The Morgan fingerprint density at radius 3 is 2.60 bits per heavy atom. The molecule has 0 saturated carbocycles. The van der Waals surface area contributed by atoms with Crippen molar-refractivity contribution >= 4 is 21.6 Å². The molecule has 134 valence electrons. The van der Waals surface area contributed by atoms with E-state index < -0.39 is 10.0 Å². The van der Waals surface area contributed by atoms with E-state index in [0.29, 0.717) is 24.2 Å². The third kappa shape index (κ3) is 5.79. The van der Waals surface area contributed by atoms with Gasteiger partial charge in [-0.05, 0) is 43.2 Å². The molecule has 1 amide bonds. The fourth-order valence-electron chi connectivity index (χ4n) is 2.45. The van der Waals surface area contributed by atoms with E-state index in [2.05, 4.69) is 10.0 Å². The summed E-state index contributed by atoms with van der Waals surface area (Å²) in [5.74, 6) is 0.531. The molecule has 0 aliphatic carbocycles. The van der Waals surface area contributed by atoms with Gasteiger partial charge in [-0.1, -0.05) is 23.8 Å². The minimum Gasteiger partial charge on any atom is -0.496 e.